The molecule has 0 aromatic carbocycles. The van der Waals surface area contributed by atoms with Gasteiger partial charge < -0.3 is 14.8 Å². The fourth-order valence-electron chi connectivity index (χ4n) is 3.01. The highest BCUT2D eigenvalue weighted by Crippen LogP contribution is 2.22. The maximum atomic E-state index is 5.59. The third-order valence-corrected chi connectivity index (χ3v) is 4.22. The van der Waals surface area contributed by atoms with Crippen LogP contribution in [0.25, 0.3) is 0 Å². The Hall–Kier alpha value is -0.160. The Morgan fingerprint density at radius 3 is 2.78 bits per heavy atom. The smallest absolute Gasteiger partial charge is 0.0621 e. The van der Waals surface area contributed by atoms with E-state index in [2.05, 4.69) is 10.2 Å². The van der Waals surface area contributed by atoms with E-state index >= 15 is 0 Å². The zero-order valence-corrected chi connectivity index (χ0v) is 11.7. The van der Waals surface area contributed by atoms with Gasteiger partial charge in [0.05, 0.1) is 13.2 Å². The van der Waals surface area contributed by atoms with E-state index in [1.54, 1.807) is 7.11 Å². The molecular formula is C14H28N2O2. The molecule has 1 unspecified atom stereocenters. The number of nitrogens with zero attached hydrogens (tertiary/aromatic N) is 1. The first-order chi connectivity index (χ1) is 8.90. The molecule has 0 amide bonds. The van der Waals surface area contributed by atoms with Crippen LogP contribution in [0.2, 0.25) is 0 Å². The number of nitrogens with one attached hydrogen (secondary N) is 1. The second-order valence-electron chi connectivity index (χ2n) is 5.55. The van der Waals surface area contributed by atoms with E-state index in [0.29, 0.717) is 6.04 Å². The van der Waals surface area contributed by atoms with Crippen LogP contribution in [-0.2, 0) is 9.47 Å². The molecule has 18 heavy (non-hydrogen) atoms. The van der Waals surface area contributed by atoms with Crippen LogP contribution in [0.1, 0.15) is 25.7 Å². The van der Waals surface area contributed by atoms with Crippen molar-refractivity contribution in [3.8, 4) is 0 Å². The molecule has 2 rings (SSSR count). The number of hydrogen-bond acceptors (Lipinski definition) is 4. The van der Waals surface area contributed by atoms with E-state index < -0.39 is 0 Å². The van der Waals surface area contributed by atoms with Crippen molar-refractivity contribution in [2.75, 3.05) is 53.1 Å². The van der Waals surface area contributed by atoms with Crippen molar-refractivity contribution in [2.45, 2.75) is 31.7 Å². The summed E-state index contributed by atoms with van der Waals surface area (Å²) >= 11 is 0. The Morgan fingerprint density at radius 2 is 2.11 bits per heavy atom. The molecule has 0 radical (unpaired) electrons. The van der Waals surface area contributed by atoms with E-state index in [-0.39, 0.29) is 0 Å². The molecule has 0 saturated carbocycles. The van der Waals surface area contributed by atoms with Crippen LogP contribution in [-0.4, -0.2) is 64.1 Å². The molecule has 0 aromatic rings. The van der Waals surface area contributed by atoms with Crippen molar-refractivity contribution in [3.63, 3.8) is 0 Å². The monoisotopic (exact) mass is 256 g/mol. The maximum absolute atomic E-state index is 5.59. The minimum Gasteiger partial charge on any atom is -0.383 e. The molecule has 0 aliphatic carbocycles. The molecule has 4 heteroatoms. The lowest BCUT2D eigenvalue weighted by molar-refractivity contribution is 0.00493. The molecule has 2 aliphatic rings. The Morgan fingerprint density at radius 1 is 1.28 bits per heavy atom. The van der Waals surface area contributed by atoms with E-state index in [9.17, 15) is 0 Å². The first-order valence-corrected chi connectivity index (χ1v) is 7.41. The fraction of sp³-hybridized carbons (Fsp3) is 1.00. The minimum atomic E-state index is 0.696. The number of likely N-dealkylation sites (tertiary alicyclic amines) is 1. The highest BCUT2D eigenvalue weighted by atomic mass is 16.5. The normalized spacial score (nSPS) is 27.5. The Labute approximate surface area is 111 Å². The molecule has 2 saturated heterocycles. The second kappa shape index (κ2) is 8.10. The average Bonchev–Trinajstić information content (AvgIpc) is 2.45. The van der Waals surface area contributed by atoms with Crippen molar-refractivity contribution in [3.05, 3.63) is 0 Å². The number of methoxy groups -OCH3 is 1. The lowest BCUT2D eigenvalue weighted by Gasteiger charge is -2.39. The van der Waals surface area contributed by atoms with E-state index in [1.165, 1.54) is 38.8 Å². The Balaban J connectivity index is 1.58. The number of piperidine rings is 1. The molecule has 2 fully saturated rings. The standard InChI is InChI=1S/C14H28N2O2/c1-17-10-6-15-11-13-4-7-16(8-5-13)14-3-2-9-18-12-14/h13-15H,2-12H2,1H3. The highest BCUT2D eigenvalue weighted by Gasteiger charge is 2.26. The fourth-order valence-corrected chi connectivity index (χ4v) is 3.01. The summed E-state index contributed by atoms with van der Waals surface area (Å²) in [6.07, 6.45) is 5.23. The summed E-state index contributed by atoms with van der Waals surface area (Å²) in [5, 5.41) is 3.48. The summed E-state index contributed by atoms with van der Waals surface area (Å²) < 4.78 is 10.6. The van der Waals surface area contributed by atoms with E-state index in [1.807, 2.05) is 0 Å². The zero-order chi connectivity index (χ0) is 12.6. The quantitative estimate of drug-likeness (QED) is 0.722. The van der Waals surface area contributed by atoms with Gasteiger partial charge >= 0.3 is 0 Å². The van der Waals surface area contributed by atoms with Gasteiger partial charge in [0.15, 0.2) is 0 Å². The summed E-state index contributed by atoms with van der Waals surface area (Å²) in [6.45, 7) is 7.38. The molecule has 4 nitrogen and oxygen atoms in total. The van der Waals surface area contributed by atoms with Crippen molar-refractivity contribution < 1.29 is 9.47 Å². The van der Waals surface area contributed by atoms with E-state index in [0.717, 1.165) is 38.8 Å². The van der Waals surface area contributed by atoms with Crippen molar-refractivity contribution >= 4 is 0 Å². The molecule has 0 aromatic heterocycles. The van der Waals surface area contributed by atoms with Gasteiger partial charge in [-0.15, -0.1) is 0 Å². The molecule has 2 aliphatic heterocycles. The lowest BCUT2D eigenvalue weighted by Crippen LogP contribution is -2.46. The molecule has 106 valence electrons. The summed E-state index contributed by atoms with van der Waals surface area (Å²) in [6, 6.07) is 0.696. The Kier molecular flexibility index (Phi) is 6.41. The average molecular weight is 256 g/mol. The van der Waals surface area contributed by atoms with Crippen molar-refractivity contribution in [1.29, 1.82) is 0 Å². The van der Waals surface area contributed by atoms with Crippen LogP contribution in [0, 0.1) is 5.92 Å². The van der Waals surface area contributed by atoms with Gasteiger partial charge in [-0.25, -0.2) is 0 Å². The van der Waals surface area contributed by atoms with Crippen LogP contribution in [0.15, 0.2) is 0 Å². The van der Waals surface area contributed by atoms with Crippen LogP contribution < -0.4 is 5.32 Å². The topological polar surface area (TPSA) is 33.7 Å². The van der Waals surface area contributed by atoms with Gasteiger partial charge in [0.1, 0.15) is 0 Å². The highest BCUT2D eigenvalue weighted by molar-refractivity contribution is 4.80. The van der Waals surface area contributed by atoms with Crippen LogP contribution in [0.3, 0.4) is 0 Å². The molecular weight excluding hydrogens is 228 g/mol. The largest absolute Gasteiger partial charge is 0.383 e. The SMILES string of the molecule is COCCNCC1CCN(C2CCCOC2)CC1. The number of rotatable bonds is 6. The van der Waals surface area contributed by atoms with Gasteiger partial charge in [-0.1, -0.05) is 0 Å². The number of ether oxygens (including phenoxy) is 2. The minimum absolute atomic E-state index is 0.696. The van der Waals surface area contributed by atoms with Crippen LogP contribution in [0.5, 0.6) is 0 Å². The number of hydrogen-bond donors (Lipinski definition) is 1. The van der Waals surface area contributed by atoms with Crippen molar-refractivity contribution in [1.82, 2.24) is 10.2 Å². The first-order valence-electron chi connectivity index (χ1n) is 7.41. The lowest BCUT2D eigenvalue weighted by atomic mass is 9.94. The van der Waals surface area contributed by atoms with Gasteiger partial charge in [-0.05, 0) is 51.2 Å². The van der Waals surface area contributed by atoms with Gasteiger partial charge in [-0.3, -0.25) is 4.90 Å². The first kappa shape index (κ1) is 14.3. The summed E-state index contributed by atoms with van der Waals surface area (Å²) in [5.41, 5.74) is 0. The molecule has 0 bridgehead atoms. The van der Waals surface area contributed by atoms with Crippen LogP contribution >= 0.6 is 0 Å². The van der Waals surface area contributed by atoms with Gasteiger partial charge in [-0.2, -0.15) is 0 Å². The van der Waals surface area contributed by atoms with Crippen LogP contribution in [0.4, 0.5) is 0 Å². The molecule has 0 spiro atoms. The molecule has 1 N–H and O–H groups in total. The second-order valence-corrected chi connectivity index (χ2v) is 5.55. The third-order valence-electron chi connectivity index (χ3n) is 4.22. The zero-order valence-electron chi connectivity index (χ0n) is 11.7. The predicted molar refractivity (Wildman–Crippen MR) is 72.9 cm³/mol. The maximum Gasteiger partial charge on any atom is 0.0621 e. The van der Waals surface area contributed by atoms with E-state index in [4.69, 9.17) is 9.47 Å². The van der Waals surface area contributed by atoms with Gasteiger partial charge in [0.2, 0.25) is 0 Å². The summed E-state index contributed by atoms with van der Waals surface area (Å²) in [7, 11) is 1.76. The molecule has 1 atom stereocenters. The summed E-state index contributed by atoms with van der Waals surface area (Å²) in [5.74, 6) is 0.850. The van der Waals surface area contributed by atoms with Crippen molar-refractivity contribution in [2.24, 2.45) is 5.92 Å². The third kappa shape index (κ3) is 4.50. The van der Waals surface area contributed by atoms with Gasteiger partial charge in [0.25, 0.3) is 0 Å². The molecule has 2 heterocycles. The Bertz CT molecular complexity index is 212. The van der Waals surface area contributed by atoms with Gasteiger partial charge in [0, 0.05) is 26.3 Å². The predicted octanol–water partition coefficient (Wildman–Crippen LogP) is 1.11. The summed E-state index contributed by atoms with van der Waals surface area (Å²) in [4.78, 5) is 2.64.